The van der Waals surface area contributed by atoms with Crippen molar-refractivity contribution in [2.75, 3.05) is 0 Å². The molecular weight excluding hydrogens is 398 g/mol. The molecule has 1 spiro atoms. The highest BCUT2D eigenvalue weighted by molar-refractivity contribution is 5.88. The van der Waals surface area contributed by atoms with Gasteiger partial charge in [0.25, 0.3) is 0 Å². The standard InChI is InChI=1S/C24H29NO6/c1-3-18(22(27)28)25-21(26)12-17-14(2)16-11-15-7-10-24(8-5-4-6-9-24)31-19(15)13-20(16)30-23(17)29/h11,13,18H,3-10,12H2,1-2H3,(H,25,26)(H,27,28)/t18-/m0/s1. The van der Waals surface area contributed by atoms with Gasteiger partial charge in [-0.25, -0.2) is 9.59 Å². The third kappa shape index (κ3) is 4.18. The summed E-state index contributed by atoms with van der Waals surface area (Å²) in [6.07, 6.45) is 7.70. The molecule has 1 aliphatic carbocycles. The normalized spacial score (nSPS) is 18.3. The zero-order valence-corrected chi connectivity index (χ0v) is 18.1. The number of aliphatic carboxylic acids is 1. The van der Waals surface area contributed by atoms with Gasteiger partial charge in [0.1, 0.15) is 23.0 Å². The maximum absolute atomic E-state index is 12.6. The summed E-state index contributed by atoms with van der Waals surface area (Å²) in [5.41, 5.74) is 1.82. The van der Waals surface area contributed by atoms with Crippen molar-refractivity contribution < 1.29 is 23.8 Å². The highest BCUT2D eigenvalue weighted by Gasteiger charge is 2.37. The van der Waals surface area contributed by atoms with E-state index in [4.69, 9.17) is 14.3 Å². The van der Waals surface area contributed by atoms with Gasteiger partial charge in [-0.15, -0.1) is 0 Å². The molecule has 1 aromatic heterocycles. The Bertz CT molecular complexity index is 1080. The Kier molecular flexibility index (Phi) is 5.77. The van der Waals surface area contributed by atoms with Gasteiger partial charge in [-0.3, -0.25) is 4.79 Å². The van der Waals surface area contributed by atoms with Crippen LogP contribution in [0.3, 0.4) is 0 Å². The van der Waals surface area contributed by atoms with Gasteiger partial charge < -0.3 is 19.6 Å². The van der Waals surface area contributed by atoms with Gasteiger partial charge in [-0.2, -0.15) is 0 Å². The molecule has 1 amide bonds. The molecule has 0 radical (unpaired) electrons. The predicted octanol–water partition coefficient (Wildman–Crippen LogP) is 3.65. The lowest BCUT2D eigenvalue weighted by molar-refractivity contribution is -0.141. The van der Waals surface area contributed by atoms with Crippen molar-refractivity contribution in [3.63, 3.8) is 0 Å². The van der Waals surface area contributed by atoms with Crippen LogP contribution in [-0.2, 0) is 22.4 Å². The summed E-state index contributed by atoms with van der Waals surface area (Å²) in [6.45, 7) is 3.48. The quantitative estimate of drug-likeness (QED) is 0.706. The number of carbonyl (C=O) groups is 2. The smallest absolute Gasteiger partial charge is 0.340 e. The number of aryl methyl sites for hydroxylation is 2. The molecule has 0 saturated heterocycles. The van der Waals surface area contributed by atoms with Crippen LogP contribution in [0.4, 0.5) is 0 Å². The van der Waals surface area contributed by atoms with E-state index < -0.39 is 23.5 Å². The minimum atomic E-state index is -1.10. The van der Waals surface area contributed by atoms with Crippen LogP contribution >= 0.6 is 0 Å². The van der Waals surface area contributed by atoms with E-state index >= 15 is 0 Å². The van der Waals surface area contributed by atoms with E-state index in [0.29, 0.717) is 11.1 Å². The topological polar surface area (TPSA) is 106 Å². The van der Waals surface area contributed by atoms with Gasteiger partial charge in [0, 0.05) is 11.5 Å². The molecule has 0 unspecified atom stereocenters. The summed E-state index contributed by atoms with van der Waals surface area (Å²) in [4.78, 5) is 36.2. The summed E-state index contributed by atoms with van der Waals surface area (Å²) in [7, 11) is 0. The zero-order valence-electron chi connectivity index (χ0n) is 18.1. The Morgan fingerprint density at radius 3 is 2.61 bits per heavy atom. The molecule has 166 valence electrons. The SMILES string of the molecule is CC[C@H](NC(=O)Cc1c(C)c2cc3c(cc2oc1=O)OC1(CCCCC1)CC3)C(=O)O. The summed E-state index contributed by atoms with van der Waals surface area (Å²) in [6, 6.07) is 2.85. The summed E-state index contributed by atoms with van der Waals surface area (Å²) in [5, 5.41) is 12.4. The van der Waals surface area contributed by atoms with Crippen molar-refractivity contribution >= 4 is 22.8 Å². The predicted molar refractivity (Wildman–Crippen MR) is 116 cm³/mol. The minimum absolute atomic E-state index is 0.0910. The average molecular weight is 427 g/mol. The van der Waals surface area contributed by atoms with E-state index in [-0.39, 0.29) is 24.0 Å². The summed E-state index contributed by atoms with van der Waals surface area (Å²) in [5.74, 6) is -0.814. The number of nitrogens with one attached hydrogen (secondary N) is 1. The van der Waals surface area contributed by atoms with Crippen molar-refractivity contribution in [2.45, 2.75) is 83.3 Å². The first-order valence-electron chi connectivity index (χ1n) is 11.1. The van der Waals surface area contributed by atoms with Gasteiger partial charge in [-0.1, -0.05) is 13.3 Å². The van der Waals surface area contributed by atoms with Crippen molar-refractivity contribution in [1.82, 2.24) is 5.32 Å². The fourth-order valence-electron chi connectivity index (χ4n) is 4.90. The maximum Gasteiger partial charge on any atom is 0.340 e. The van der Waals surface area contributed by atoms with Crippen molar-refractivity contribution in [3.05, 3.63) is 39.2 Å². The van der Waals surface area contributed by atoms with Gasteiger partial charge in [0.2, 0.25) is 5.91 Å². The molecule has 1 aliphatic heterocycles. The van der Waals surface area contributed by atoms with Gasteiger partial charge in [-0.05, 0) is 69.1 Å². The number of hydrogen-bond donors (Lipinski definition) is 2. The Labute approximate surface area is 180 Å². The molecule has 0 bridgehead atoms. The molecule has 1 atom stereocenters. The lowest BCUT2D eigenvalue weighted by atomic mass is 9.79. The van der Waals surface area contributed by atoms with Gasteiger partial charge in [0.05, 0.1) is 12.0 Å². The van der Waals surface area contributed by atoms with Crippen LogP contribution in [-0.4, -0.2) is 28.6 Å². The third-order valence-corrected chi connectivity index (χ3v) is 6.79. The number of carboxylic acids is 1. The number of amides is 1. The lowest BCUT2D eigenvalue weighted by Gasteiger charge is -2.41. The molecule has 1 aromatic carbocycles. The molecule has 1 fully saturated rings. The first-order valence-corrected chi connectivity index (χ1v) is 11.1. The summed E-state index contributed by atoms with van der Waals surface area (Å²) >= 11 is 0. The molecule has 31 heavy (non-hydrogen) atoms. The van der Waals surface area contributed by atoms with E-state index in [0.717, 1.165) is 42.4 Å². The minimum Gasteiger partial charge on any atom is -0.487 e. The zero-order chi connectivity index (χ0) is 22.2. The highest BCUT2D eigenvalue weighted by atomic mass is 16.5. The number of fused-ring (bicyclic) bond motifs is 2. The van der Waals surface area contributed by atoms with E-state index in [1.54, 1.807) is 13.8 Å². The molecule has 7 nitrogen and oxygen atoms in total. The average Bonchev–Trinajstić information content (AvgIpc) is 2.74. The van der Waals surface area contributed by atoms with Gasteiger partial charge in [0.15, 0.2) is 0 Å². The molecular formula is C24H29NO6. The largest absolute Gasteiger partial charge is 0.487 e. The second-order valence-corrected chi connectivity index (χ2v) is 8.84. The number of benzene rings is 1. The second-order valence-electron chi connectivity index (χ2n) is 8.84. The Balaban J connectivity index is 1.63. The van der Waals surface area contributed by atoms with E-state index in [2.05, 4.69) is 5.32 Å². The van der Waals surface area contributed by atoms with Crippen LogP contribution in [0.2, 0.25) is 0 Å². The van der Waals surface area contributed by atoms with Crippen molar-refractivity contribution in [2.24, 2.45) is 0 Å². The van der Waals surface area contributed by atoms with Crippen LogP contribution in [0, 0.1) is 6.92 Å². The van der Waals surface area contributed by atoms with Gasteiger partial charge >= 0.3 is 11.6 Å². The second kappa shape index (κ2) is 8.36. The number of carboxylic acid groups (broad SMARTS) is 1. The fourth-order valence-corrected chi connectivity index (χ4v) is 4.90. The van der Waals surface area contributed by atoms with Crippen molar-refractivity contribution in [3.8, 4) is 5.75 Å². The van der Waals surface area contributed by atoms with Crippen LogP contribution in [0.5, 0.6) is 5.75 Å². The molecule has 2 aromatic rings. The molecule has 2 heterocycles. The molecule has 2 aliphatic rings. The number of ether oxygens (including phenoxy) is 1. The first kappa shape index (κ1) is 21.4. The molecule has 7 heteroatoms. The van der Waals surface area contributed by atoms with Crippen LogP contribution in [0.25, 0.3) is 11.0 Å². The monoisotopic (exact) mass is 427 g/mol. The number of rotatable bonds is 5. The van der Waals surface area contributed by atoms with Crippen LogP contribution < -0.4 is 15.7 Å². The molecule has 2 N–H and O–H groups in total. The van der Waals surface area contributed by atoms with E-state index in [1.807, 2.05) is 12.1 Å². The van der Waals surface area contributed by atoms with Crippen molar-refractivity contribution in [1.29, 1.82) is 0 Å². The van der Waals surface area contributed by atoms with Crippen LogP contribution in [0.15, 0.2) is 21.3 Å². The Morgan fingerprint density at radius 2 is 1.94 bits per heavy atom. The summed E-state index contributed by atoms with van der Waals surface area (Å²) < 4.78 is 12.0. The van der Waals surface area contributed by atoms with E-state index in [9.17, 15) is 14.4 Å². The maximum atomic E-state index is 12.6. The lowest BCUT2D eigenvalue weighted by Crippen LogP contribution is -2.41. The first-order chi connectivity index (χ1) is 14.8. The fraction of sp³-hybridized carbons (Fsp3) is 0.542. The molecule has 1 saturated carbocycles. The molecule has 4 rings (SSSR count). The van der Waals surface area contributed by atoms with E-state index in [1.165, 1.54) is 19.3 Å². The number of hydrogen-bond acceptors (Lipinski definition) is 5. The Morgan fingerprint density at radius 1 is 1.19 bits per heavy atom. The number of carbonyl (C=O) groups excluding carboxylic acids is 1. The Hall–Kier alpha value is -2.83. The third-order valence-electron chi connectivity index (χ3n) is 6.79. The highest BCUT2D eigenvalue weighted by Crippen LogP contribution is 2.43. The van der Waals surface area contributed by atoms with Crippen LogP contribution in [0.1, 0.15) is 68.6 Å².